The van der Waals surface area contributed by atoms with Crippen molar-refractivity contribution in [2.24, 2.45) is 11.8 Å². The van der Waals surface area contributed by atoms with Crippen LogP contribution in [0.2, 0.25) is 0 Å². The molecule has 0 amide bonds. The Labute approximate surface area is 183 Å². The maximum atomic E-state index is 5.98. The predicted molar refractivity (Wildman–Crippen MR) is 125 cm³/mol. The van der Waals surface area contributed by atoms with Crippen molar-refractivity contribution in [3.8, 4) is 5.75 Å². The number of aromatic nitrogens is 2. The zero-order chi connectivity index (χ0) is 21.8. The van der Waals surface area contributed by atoms with Crippen LogP contribution in [-0.4, -0.2) is 53.9 Å². The molecular formula is C23H31N7O. The molecule has 3 aromatic rings. The van der Waals surface area contributed by atoms with Gasteiger partial charge in [0.2, 0.25) is 0 Å². The third-order valence-electron chi connectivity index (χ3n) is 5.88. The number of nitrogens with one attached hydrogen (secondary N) is 2. The van der Waals surface area contributed by atoms with Gasteiger partial charge in [0, 0.05) is 25.7 Å². The largest absolute Gasteiger partial charge is 0.495 e. The highest BCUT2D eigenvalue weighted by molar-refractivity contribution is 5.75. The minimum atomic E-state index is -0.228. The van der Waals surface area contributed by atoms with E-state index in [0.717, 1.165) is 47.9 Å². The van der Waals surface area contributed by atoms with Gasteiger partial charge in [-0.25, -0.2) is 10.4 Å². The van der Waals surface area contributed by atoms with Crippen molar-refractivity contribution in [3.63, 3.8) is 0 Å². The first-order chi connectivity index (χ1) is 15.1. The highest BCUT2D eigenvalue weighted by Crippen LogP contribution is 2.27. The normalized spacial score (nSPS) is 18.4. The second-order valence-corrected chi connectivity index (χ2v) is 8.13. The highest BCUT2D eigenvalue weighted by Gasteiger charge is 2.34. The summed E-state index contributed by atoms with van der Waals surface area (Å²) in [6.45, 7) is 6.99. The number of hydrazine groups is 1. The fourth-order valence-corrected chi connectivity index (χ4v) is 4.18. The number of fused-ring (bicyclic) bond motifs is 1. The van der Waals surface area contributed by atoms with Crippen LogP contribution in [0.5, 0.6) is 5.75 Å². The molecule has 4 N–H and O–H groups in total. The number of nitrogens with two attached hydrogens (primary N) is 1. The van der Waals surface area contributed by atoms with Crippen molar-refractivity contribution in [2.45, 2.75) is 26.2 Å². The number of anilines is 2. The molecule has 0 saturated carbocycles. The fraction of sp³-hybridized carbons (Fsp3) is 0.391. The molecule has 1 aliphatic heterocycles. The van der Waals surface area contributed by atoms with Crippen molar-refractivity contribution in [2.75, 3.05) is 37.0 Å². The van der Waals surface area contributed by atoms with Gasteiger partial charge in [-0.3, -0.25) is 15.7 Å². The van der Waals surface area contributed by atoms with Gasteiger partial charge in [-0.2, -0.15) is 0 Å². The van der Waals surface area contributed by atoms with Gasteiger partial charge in [-0.15, -0.1) is 0 Å². The van der Waals surface area contributed by atoms with Gasteiger partial charge in [0.25, 0.3) is 0 Å². The fourth-order valence-electron chi connectivity index (χ4n) is 4.18. The number of benzene rings is 2. The summed E-state index contributed by atoms with van der Waals surface area (Å²) in [6, 6.07) is 16.1. The molecule has 8 nitrogen and oxygen atoms in total. The molecule has 1 aromatic heterocycles. The summed E-state index contributed by atoms with van der Waals surface area (Å²) >= 11 is 0. The average molecular weight is 422 g/mol. The number of hydrogen-bond acceptors (Lipinski definition) is 8. The Morgan fingerprint density at radius 1 is 1.06 bits per heavy atom. The average Bonchev–Trinajstić information content (AvgIpc) is 2.82. The van der Waals surface area contributed by atoms with Crippen LogP contribution in [0.25, 0.3) is 11.0 Å². The minimum absolute atomic E-state index is 0.228. The molecule has 1 fully saturated rings. The molecule has 8 heteroatoms. The summed E-state index contributed by atoms with van der Waals surface area (Å²) in [5, 5.41) is 3.50. The third-order valence-corrected chi connectivity index (χ3v) is 5.88. The van der Waals surface area contributed by atoms with Crippen LogP contribution in [0.15, 0.2) is 54.7 Å². The molecule has 2 atom stereocenters. The molecule has 2 aromatic carbocycles. The van der Waals surface area contributed by atoms with Crippen molar-refractivity contribution in [1.82, 2.24) is 20.3 Å². The molecule has 31 heavy (non-hydrogen) atoms. The van der Waals surface area contributed by atoms with Crippen LogP contribution in [0.4, 0.5) is 11.5 Å². The molecule has 2 heterocycles. The van der Waals surface area contributed by atoms with Crippen molar-refractivity contribution >= 4 is 22.5 Å². The number of piperazine rings is 1. The molecule has 4 rings (SSSR count). The van der Waals surface area contributed by atoms with E-state index < -0.39 is 0 Å². The SMILES string of the molecule is COc1ccccc1NC(NN)N1CCN(c2cnc3ccccc3n2)CC1C(C)C. The molecule has 0 spiro atoms. The topological polar surface area (TPSA) is 91.6 Å². The van der Waals surface area contributed by atoms with Crippen LogP contribution < -0.4 is 26.2 Å². The van der Waals surface area contributed by atoms with E-state index in [2.05, 4.69) is 39.4 Å². The second-order valence-electron chi connectivity index (χ2n) is 8.13. The molecule has 164 valence electrons. The van der Waals surface area contributed by atoms with E-state index in [1.807, 2.05) is 54.7 Å². The van der Waals surface area contributed by atoms with Gasteiger partial charge >= 0.3 is 0 Å². The van der Waals surface area contributed by atoms with E-state index in [-0.39, 0.29) is 12.3 Å². The Kier molecular flexibility index (Phi) is 6.50. The summed E-state index contributed by atoms with van der Waals surface area (Å²) in [7, 11) is 1.67. The van der Waals surface area contributed by atoms with Crippen molar-refractivity contribution in [3.05, 3.63) is 54.7 Å². The van der Waals surface area contributed by atoms with E-state index in [0.29, 0.717) is 5.92 Å². The van der Waals surface area contributed by atoms with Crippen molar-refractivity contribution in [1.29, 1.82) is 0 Å². The Hall–Kier alpha value is -2.94. The van der Waals surface area contributed by atoms with E-state index in [1.165, 1.54) is 0 Å². The lowest BCUT2D eigenvalue weighted by molar-refractivity contribution is 0.0831. The Morgan fingerprint density at radius 3 is 2.55 bits per heavy atom. The zero-order valence-corrected chi connectivity index (χ0v) is 18.3. The number of hydrogen-bond donors (Lipinski definition) is 3. The summed E-state index contributed by atoms with van der Waals surface area (Å²) in [5.74, 6) is 8.11. The van der Waals surface area contributed by atoms with Crippen LogP contribution in [-0.2, 0) is 0 Å². The monoisotopic (exact) mass is 421 g/mol. The third kappa shape index (κ3) is 4.56. The number of nitrogens with zero attached hydrogens (tertiary/aromatic N) is 4. The number of rotatable bonds is 7. The van der Waals surface area contributed by atoms with Crippen LogP contribution >= 0.6 is 0 Å². The quantitative estimate of drug-likeness (QED) is 0.305. The summed E-state index contributed by atoms with van der Waals surface area (Å²) in [5.41, 5.74) is 5.68. The number of ether oxygens (including phenoxy) is 1. The Balaban J connectivity index is 1.54. The lowest BCUT2D eigenvalue weighted by Gasteiger charge is -2.47. The summed E-state index contributed by atoms with van der Waals surface area (Å²) < 4.78 is 5.49. The maximum Gasteiger partial charge on any atom is 0.147 e. The molecule has 0 bridgehead atoms. The lowest BCUT2D eigenvalue weighted by Crippen LogP contribution is -2.65. The predicted octanol–water partition coefficient (Wildman–Crippen LogP) is 2.64. The number of para-hydroxylation sites is 4. The summed E-state index contributed by atoms with van der Waals surface area (Å²) in [4.78, 5) is 14.1. The first kappa shape index (κ1) is 21.3. The molecule has 0 radical (unpaired) electrons. The molecular weight excluding hydrogens is 390 g/mol. The molecule has 0 aliphatic carbocycles. The zero-order valence-electron chi connectivity index (χ0n) is 18.3. The van der Waals surface area contributed by atoms with Gasteiger partial charge in [0.05, 0.1) is 30.0 Å². The van der Waals surface area contributed by atoms with E-state index in [4.69, 9.17) is 15.6 Å². The highest BCUT2D eigenvalue weighted by atomic mass is 16.5. The minimum Gasteiger partial charge on any atom is -0.495 e. The maximum absolute atomic E-state index is 5.98. The van der Waals surface area contributed by atoms with Gasteiger partial charge in [0.15, 0.2) is 0 Å². The second kappa shape index (κ2) is 9.47. The smallest absolute Gasteiger partial charge is 0.147 e. The lowest BCUT2D eigenvalue weighted by atomic mass is 9.99. The van der Waals surface area contributed by atoms with Crippen molar-refractivity contribution < 1.29 is 4.74 Å². The van der Waals surface area contributed by atoms with Gasteiger partial charge in [-0.05, 0) is 30.2 Å². The van der Waals surface area contributed by atoms with Gasteiger partial charge in [0.1, 0.15) is 17.9 Å². The van der Waals surface area contributed by atoms with Gasteiger partial charge in [-0.1, -0.05) is 38.1 Å². The van der Waals surface area contributed by atoms with Crippen LogP contribution in [0, 0.1) is 5.92 Å². The first-order valence-corrected chi connectivity index (χ1v) is 10.7. The van der Waals surface area contributed by atoms with Crippen LogP contribution in [0.3, 0.4) is 0 Å². The van der Waals surface area contributed by atoms with E-state index in [9.17, 15) is 0 Å². The van der Waals surface area contributed by atoms with E-state index >= 15 is 0 Å². The standard InChI is InChI=1S/C23H31N7O/c1-16(2)20-15-29(22-14-25-17-8-4-5-9-18(17)26-22)12-13-30(20)23(28-24)27-19-10-6-7-11-21(19)31-3/h4-11,14,16,20,23,27-28H,12-13,15,24H2,1-3H3. The molecule has 1 saturated heterocycles. The van der Waals surface area contributed by atoms with Gasteiger partial charge < -0.3 is 15.0 Å². The molecule has 2 unspecified atom stereocenters. The summed E-state index contributed by atoms with van der Waals surface area (Å²) in [6.07, 6.45) is 1.65. The Bertz CT molecular complexity index is 1010. The van der Waals surface area contributed by atoms with E-state index in [1.54, 1.807) is 7.11 Å². The molecule has 1 aliphatic rings. The number of methoxy groups -OCH3 is 1. The van der Waals surface area contributed by atoms with Crippen LogP contribution in [0.1, 0.15) is 13.8 Å². The first-order valence-electron chi connectivity index (χ1n) is 10.7. The Morgan fingerprint density at radius 2 is 1.81 bits per heavy atom.